The Kier molecular flexibility index (Phi) is 16.3. The number of aromatic nitrogens is 7. The number of anilines is 3. The summed E-state index contributed by atoms with van der Waals surface area (Å²) in [5.74, 6) is 4.11. The van der Waals surface area contributed by atoms with Gasteiger partial charge in [-0.15, -0.1) is 11.5 Å². The molecule has 0 radical (unpaired) electrons. The summed E-state index contributed by atoms with van der Waals surface area (Å²) in [5.41, 5.74) is 10.0. The number of nitrogens with zero attached hydrogens (tertiary/aromatic N) is 9. The molecular weight excluding hydrogens is 792 g/mol. The van der Waals surface area contributed by atoms with Gasteiger partial charge in [0.25, 0.3) is 0 Å². The number of halogens is 1. The molecule has 60 heavy (non-hydrogen) atoms. The van der Waals surface area contributed by atoms with Crippen molar-refractivity contribution in [1.82, 2.24) is 39.8 Å². The number of aromatic amines is 1. The van der Waals surface area contributed by atoms with Crippen LogP contribution in [0, 0.1) is 12.3 Å². The first-order valence-electron chi connectivity index (χ1n) is 20.0. The number of aromatic hydroxyl groups is 1. The van der Waals surface area contributed by atoms with Gasteiger partial charge < -0.3 is 67.2 Å². The molecule has 320 valence electrons. The van der Waals surface area contributed by atoms with Crippen LogP contribution in [0.5, 0.6) is 5.75 Å². The van der Waals surface area contributed by atoms with E-state index in [2.05, 4.69) is 42.4 Å². The largest absolute Gasteiger partial charge is 1.00 e. The van der Waals surface area contributed by atoms with Gasteiger partial charge in [-0.05, 0) is 41.6 Å². The third-order valence-corrected chi connectivity index (χ3v) is 10.1. The van der Waals surface area contributed by atoms with Crippen molar-refractivity contribution in [3.8, 4) is 18.1 Å². The van der Waals surface area contributed by atoms with Gasteiger partial charge in [-0.1, -0.05) is 41.5 Å². The smallest absolute Gasteiger partial charge is 0.248 e. The fourth-order valence-corrected chi connectivity index (χ4v) is 6.97. The zero-order chi connectivity index (χ0) is 40.8. The number of piperazine rings is 1. The molecular formula is C41H52ClN12O6-. The maximum absolute atomic E-state index is 14.5. The Morgan fingerprint density at radius 1 is 0.900 bits per heavy atom. The van der Waals surface area contributed by atoms with E-state index in [-0.39, 0.29) is 30.7 Å². The molecule has 5 N–H and O–H groups in total. The highest BCUT2D eigenvalue weighted by atomic mass is 35.5. The van der Waals surface area contributed by atoms with Crippen LogP contribution in [0.1, 0.15) is 29.0 Å². The summed E-state index contributed by atoms with van der Waals surface area (Å²) in [5, 5.41) is 22.9. The number of phenols is 1. The Morgan fingerprint density at radius 3 is 2.30 bits per heavy atom. The minimum absolute atomic E-state index is 0. The highest BCUT2D eigenvalue weighted by molar-refractivity contribution is 5.83. The van der Waals surface area contributed by atoms with E-state index in [0.717, 1.165) is 22.2 Å². The predicted molar refractivity (Wildman–Crippen MR) is 221 cm³/mol. The molecule has 18 nitrogen and oxygen atoms in total. The predicted octanol–water partition coefficient (Wildman–Crippen LogP) is -1.04. The molecule has 2 atom stereocenters. The summed E-state index contributed by atoms with van der Waals surface area (Å²) >= 11 is 0. The van der Waals surface area contributed by atoms with Crippen molar-refractivity contribution in [2.45, 2.75) is 24.9 Å². The number of fused-ring (bicyclic) bond motifs is 1. The maximum atomic E-state index is 14.5. The molecule has 2 aliphatic rings. The van der Waals surface area contributed by atoms with Gasteiger partial charge in [-0.3, -0.25) is 4.79 Å². The Balaban J connectivity index is 0.00000604. The van der Waals surface area contributed by atoms with Gasteiger partial charge in [0.1, 0.15) is 18.4 Å². The van der Waals surface area contributed by atoms with Crippen LogP contribution in [-0.2, 0) is 36.6 Å². The molecule has 5 aromatic rings. The van der Waals surface area contributed by atoms with Crippen molar-refractivity contribution in [3.05, 3.63) is 77.7 Å². The number of amides is 1. The molecule has 3 aromatic heterocycles. The molecule has 1 amide bonds. The molecule has 2 unspecified atom stereocenters. The minimum Gasteiger partial charge on any atom is -1.00 e. The number of rotatable bonds is 20. The third-order valence-electron chi connectivity index (χ3n) is 10.1. The van der Waals surface area contributed by atoms with Crippen LogP contribution in [0.3, 0.4) is 0 Å². The normalized spacial score (nSPS) is 15.4. The van der Waals surface area contributed by atoms with E-state index in [1.54, 1.807) is 23.0 Å². The van der Waals surface area contributed by atoms with Gasteiger partial charge in [-0.2, -0.15) is 15.0 Å². The SMILES string of the molecule is C#CCOCCOCCOCCNc1nc(N2CCOCC2)nc(N2CCN(C(=O)C(Cc3cc4ccccc4[nH]3)n3cc(C(N)Cc4ccc(O)cc4)nn3)CC2)n1.[Cl-]. The number of carbonyl (C=O) groups is 1. The molecule has 0 bridgehead atoms. The first kappa shape index (κ1) is 44.0. The van der Waals surface area contributed by atoms with Crippen LogP contribution < -0.4 is 33.3 Å². The summed E-state index contributed by atoms with van der Waals surface area (Å²) in [6, 6.07) is 15.9. The molecule has 19 heteroatoms. The average Bonchev–Trinajstić information content (AvgIpc) is 3.93. The van der Waals surface area contributed by atoms with E-state index in [9.17, 15) is 9.90 Å². The zero-order valence-electron chi connectivity index (χ0n) is 33.5. The lowest BCUT2D eigenvalue weighted by Gasteiger charge is -2.36. The van der Waals surface area contributed by atoms with Gasteiger partial charge in [0.2, 0.25) is 23.8 Å². The number of phenolic OH excluding ortho intramolecular Hbond substituents is 1. The molecule has 7 rings (SSSR count). The topological polar surface area (TPSA) is 207 Å². The number of terminal acetylenes is 1. The number of para-hydroxylation sites is 1. The fraction of sp³-hybridized carbons (Fsp3) is 0.463. The first-order chi connectivity index (χ1) is 28.9. The van der Waals surface area contributed by atoms with Gasteiger partial charge in [0.05, 0.1) is 64.2 Å². The summed E-state index contributed by atoms with van der Waals surface area (Å²) in [7, 11) is 0. The molecule has 2 saturated heterocycles. The van der Waals surface area contributed by atoms with Crippen LogP contribution in [0.4, 0.5) is 17.8 Å². The molecule has 0 spiro atoms. The Morgan fingerprint density at radius 2 is 1.58 bits per heavy atom. The molecule has 0 saturated carbocycles. The van der Waals surface area contributed by atoms with Gasteiger partial charge >= 0.3 is 0 Å². The van der Waals surface area contributed by atoms with E-state index in [0.29, 0.717) is 128 Å². The van der Waals surface area contributed by atoms with Crippen molar-refractivity contribution in [3.63, 3.8) is 0 Å². The second-order valence-corrected chi connectivity index (χ2v) is 14.3. The Hall–Kier alpha value is -5.55. The number of ether oxygens (including phenoxy) is 4. The fourth-order valence-electron chi connectivity index (χ4n) is 6.97. The molecule has 2 fully saturated rings. The van der Waals surface area contributed by atoms with Crippen molar-refractivity contribution in [2.75, 3.05) is 114 Å². The third kappa shape index (κ3) is 12.0. The summed E-state index contributed by atoms with van der Waals surface area (Å²) in [4.78, 5) is 38.4. The first-order valence-corrected chi connectivity index (χ1v) is 20.0. The molecule has 2 aromatic carbocycles. The number of H-pyrrole nitrogens is 1. The van der Waals surface area contributed by atoms with Crippen LogP contribution in [0.15, 0.2) is 60.8 Å². The van der Waals surface area contributed by atoms with E-state index >= 15 is 0 Å². The standard InChI is InChI=1S/C41H52N12O6.ClH/c1-2-18-56-22-24-59-25-23-57-19-11-43-39-45-40(47-41(46-39)52-16-20-58-21-17-52)51-14-12-50(13-15-51)38(55)37(28-32-27-31-5-3-4-6-35(31)44-32)53-29-36(48-49-53)34(42)26-30-7-9-33(54)10-8-30;/h1,3-10,27,29,34,37,44,54H,11-26,28,42H2,(H,43,45,46,47);1H/p-1. The number of morpholine rings is 1. The highest BCUT2D eigenvalue weighted by Crippen LogP contribution is 2.25. The van der Waals surface area contributed by atoms with Gasteiger partial charge in [-0.25, -0.2) is 4.68 Å². The van der Waals surface area contributed by atoms with Crippen LogP contribution in [-0.4, -0.2) is 150 Å². The number of benzene rings is 2. The van der Waals surface area contributed by atoms with Gasteiger partial charge in [0.15, 0.2) is 0 Å². The van der Waals surface area contributed by atoms with E-state index in [4.69, 9.17) is 46.1 Å². The van der Waals surface area contributed by atoms with Crippen molar-refractivity contribution in [1.29, 1.82) is 0 Å². The van der Waals surface area contributed by atoms with Crippen LogP contribution in [0.25, 0.3) is 10.9 Å². The number of carbonyl (C=O) groups excluding carboxylic acids is 1. The lowest BCUT2D eigenvalue weighted by molar-refractivity contribution is -0.135. The zero-order valence-corrected chi connectivity index (χ0v) is 34.3. The summed E-state index contributed by atoms with van der Waals surface area (Å²) in [6.07, 6.45) is 7.83. The second-order valence-electron chi connectivity index (χ2n) is 14.3. The quantitative estimate of drug-likeness (QED) is 0.0546. The number of nitrogens with one attached hydrogen (secondary N) is 2. The van der Waals surface area contributed by atoms with Crippen LogP contribution in [0.2, 0.25) is 0 Å². The second kappa shape index (κ2) is 22.2. The highest BCUT2D eigenvalue weighted by Gasteiger charge is 2.32. The Bertz CT molecular complexity index is 2100. The average molecular weight is 844 g/mol. The number of hydrogen-bond donors (Lipinski definition) is 4. The summed E-state index contributed by atoms with van der Waals surface area (Å²) < 4.78 is 23.6. The molecule has 0 aliphatic carbocycles. The molecule has 5 heterocycles. The van der Waals surface area contributed by atoms with Crippen molar-refractivity contribution in [2.24, 2.45) is 5.73 Å². The van der Waals surface area contributed by atoms with E-state index < -0.39 is 12.1 Å². The van der Waals surface area contributed by atoms with E-state index in [1.807, 2.05) is 41.3 Å². The number of nitrogens with two attached hydrogens (primary N) is 1. The monoisotopic (exact) mass is 843 g/mol. The molecule has 2 aliphatic heterocycles. The Labute approximate surface area is 355 Å². The van der Waals surface area contributed by atoms with Crippen molar-refractivity contribution >= 4 is 34.7 Å². The van der Waals surface area contributed by atoms with Gasteiger partial charge in [0, 0.05) is 63.4 Å². The minimum atomic E-state index is -0.667. The van der Waals surface area contributed by atoms with E-state index in [1.165, 1.54) is 0 Å². The number of hydrogen-bond acceptors (Lipinski definition) is 15. The van der Waals surface area contributed by atoms with Crippen LogP contribution >= 0.6 is 0 Å². The lowest BCUT2D eigenvalue weighted by atomic mass is 10.0. The lowest BCUT2D eigenvalue weighted by Crippen LogP contribution is -3.00. The van der Waals surface area contributed by atoms with Crippen molar-refractivity contribution < 1.29 is 41.3 Å². The summed E-state index contributed by atoms with van der Waals surface area (Å²) in [6.45, 7) is 7.47. The maximum Gasteiger partial charge on any atom is 0.248 e.